The highest BCUT2D eigenvalue weighted by Crippen LogP contribution is 2.08. The number of carboxylic acids is 2. The number of carboxylic acid groups (broad SMARTS) is 2. The molecule has 4 atom stereocenters. The fourth-order valence-corrected chi connectivity index (χ4v) is 2.58. The Balaban J connectivity index is 5.32. The summed E-state index contributed by atoms with van der Waals surface area (Å²) in [6.07, 6.45) is -0.238. The van der Waals surface area contributed by atoms with E-state index in [0.29, 0.717) is 6.42 Å². The molecule has 0 aromatic carbocycles. The second-order valence-electron chi connectivity index (χ2n) is 8.03. The van der Waals surface area contributed by atoms with E-state index in [2.05, 4.69) is 16.0 Å². The normalized spacial score (nSPS) is 15.1. The third kappa shape index (κ3) is 10.2. The van der Waals surface area contributed by atoms with Crippen LogP contribution < -0.4 is 21.7 Å². The summed E-state index contributed by atoms with van der Waals surface area (Å²) in [5, 5.41) is 25.0. The molecule has 0 bridgehead atoms. The Labute approximate surface area is 176 Å². The average molecular weight is 431 g/mol. The first kappa shape index (κ1) is 27.3. The zero-order valence-electron chi connectivity index (χ0n) is 18.1. The lowest BCUT2D eigenvalue weighted by Crippen LogP contribution is -2.58. The smallest absolute Gasteiger partial charge is 0.325 e. The molecular weight excluding hydrogens is 396 g/mol. The van der Waals surface area contributed by atoms with E-state index in [9.17, 15) is 24.0 Å². The summed E-state index contributed by atoms with van der Waals surface area (Å²) < 4.78 is 0. The van der Waals surface area contributed by atoms with Crippen molar-refractivity contribution in [1.82, 2.24) is 16.0 Å². The van der Waals surface area contributed by atoms with Crippen molar-refractivity contribution in [3.63, 3.8) is 0 Å². The Morgan fingerprint density at radius 3 is 1.83 bits per heavy atom. The highest BCUT2D eigenvalue weighted by Gasteiger charge is 2.31. The minimum absolute atomic E-state index is 0.178. The van der Waals surface area contributed by atoms with Crippen LogP contribution in [0.25, 0.3) is 0 Å². The molecule has 4 unspecified atom stereocenters. The highest BCUT2D eigenvalue weighted by molar-refractivity contribution is 5.94. The molecule has 0 radical (unpaired) electrons. The summed E-state index contributed by atoms with van der Waals surface area (Å²) in [6.45, 7) is 8.44. The fourth-order valence-electron chi connectivity index (χ4n) is 2.58. The maximum Gasteiger partial charge on any atom is 0.325 e. The van der Waals surface area contributed by atoms with Gasteiger partial charge in [0.05, 0.1) is 6.04 Å². The molecule has 0 aromatic rings. The number of nitrogens with one attached hydrogen (secondary N) is 3. The van der Waals surface area contributed by atoms with E-state index >= 15 is 0 Å². The maximum atomic E-state index is 12.7. The van der Waals surface area contributed by atoms with Gasteiger partial charge in [-0.3, -0.25) is 24.0 Å². The number of hydrogen-bond donors (Lipinski definition) is 6. The Bertz CT molecular complexity index is 636. The van der Waals surface area contributed by atoms with E-state index < -0.39 is 60.2 Å². The van der Waals surface area contributed by atoms with Crippen molar-refractivity contribution in [2.24, 2.45) is 17.6 Å². The van der Waals surface area contributed by atoms with Gasteiger partial charge < -0.3 is 31.9 Å². The molecule has 0 aliphatic carbocycles. The molecular formula is C19H34N4O7. The van der Waals surface area contributed by atoms with Gasteiger partial charge >= 0.3 is 11.9 Å². The zero-order chi connectivity index (χ0) is 23.6. The number of rotatable bonds is 13. The molecule has 0 aliphatic rings. The van der Waals surface area contributed by atoms with E-state index in [0.717, 1.165) is 0 Å². The molecule has 0 heterocycles. The summed E-state index contributed by atoms with van der Waals surface area (Å²) in [5.74, 6) is -4.66. The molecule has 0 spiro atoms. The Hall–Kier alpha value is -2.69. The van der Waals surface area contributed by atoms with Gasteiger partial charge in [-0.1, -0.05) is 27.7 Å². The van der Waals surface area contributed by atoms with Crippen molar-refractivity contribution in [2.75, 3.05) is 0 Å². The van der Waals surface area contributed by atoms with Gasteiger partial charge in [0.1, 0.15) is 18.1 Å². The van der Waals surface area contributed by atoms with Crippen LogP contribution in [0.3, 0.4) is 0 Å². The molecule has 30 heavy (non-hydrogen) atoms. The second kappa shape index (κ2) is 12.8. The van der Waals surface area contributed by atoms with E-state index in [1.807, 2.05) is 13.8 Å². The quantitative estimate of drug-likeness (QED) is 0.224. The predicted molar refractivity (Wildman–Crippen MR) is 108 cm³/mol. The Morgan fingerprint density at radius 2 is 1.40 bits per heavy atom. The number of nitrogens with two attached hydrogens (primary N) is 1. The van der Waals surface area contributed by atoms with Gasteiger partial charge in [0.25, 0.3) is 0 Å². The SMILES string of the molecule is CC(C)CC(N)C(=O)NC(C(=O)NC(CCC(=O)O)C(=O)NC(C)C(=O)O)C(C)C. The second-order valence-corrected chi connectivity index (χ2v) is 8.03. The molecule has 0 rings (SSSR count). The summed E-state index contributed by atoms with van der Waals surface area (Å²) in [4.78, 5) is 59.2. The molecule has 0 saturated carbocycles. The van der Waals surface area contributed by atoms with Gasteiger partial charge in [-0.05, 0) is 31.6 Å². The van der Waals surface area contributed by atoms with Gasteiger partial charge in [0.15, 0.2) is 0 Å². The monoisotopic (exact) mass is 430 g/mol. The van der Waals surface area contributed by atoms with Crippen LogP contribution in [0.4, 0.5) is 0 Å². The molecule has 11 nitrogen and oxygen atoms in total. The van der Waals surface area contributed by atoms with Crippen LogP contribution in [0.5, 0.6) is 0 Å². The topological polar surface area (TPSA) is 188 Å². The van der Waals surface area contributed by atoms with Crippen molar-refractivity contribution in [1.29, 1.82) is 0 Å². The Kier molecular flexibility index (Phi) is 11.6. The summed E-state index contributed by atoms with van der Waals surface area (Å²) in [5.41, 5.74) is 5.85. The predicted octanol–water partition coefficient (Wildman–Crippen LogP) is -0.560. The van der Waals surface area contributed by atoms with Crippen LogP contribution in [-0.4, -0.2) is 64.0 Å². The maximum absolute atomic E-state index is 12.7. The van der Waals surface area contributed by atoms with Gasteiger partial charge in [-0.2, -0.15) is 0 Å². The minimum Gasteiger partial charge on any atom is -0.481 e. The number of amides is 3. The van der Waals surface area contributed by atoms with E-state index in [4.69, 9.17) is 15.9 Å². The van der Waals surface area contributed by atoms with E-state index in [1.165, 1.54) is 6.92 Å². The van der Waals surface area contributed by atoms with E-state index in [1.54, 1.807) is 13.8 Å². The molecule has 11 heteroatoms. The third-order valence-corrected chi connectivity index (χ3v) is 4.32. The fraction of sp³-hybridized carbons (Fsp3) is 0.737. The lowest BCUT2D eigenvalue weighted by atomic mass is 9.99. The third-order valence-electron chi connectivity index (χ3n) is 4.32. The Morgan fingerprint density at radius 1 is 0.833 bits per heavy atom. The van der Waals surface area contributed by atoms with Gasteiger partial charge in [-0.15, -0.1) is 0 Å². The first-order valence-electron chi connectivity index (χ1n) is 9.87. The van der Waals surface area contributed by atoms with Crippen molar-refractivity contribution in [3.8, 4) is 0 Å². The van der Waals surface area contributed by atoms with Crippen LogP contribution in [0, 0.1) is 11.8 Å². The molecule has 172 valence electrons. The summed E-state index contributed by atoms with van der Waals surface area (Å²) >= 11 is 0. The van der Waals surface area contributed by atoms with Crippen molar-refractivity contribution in [2.45, 2.75) is 78.0 Å². The largest absolute Gasteiger partial charge is 0.481 e. The number of hydrogen-bond acceptors (Lipinski definition) is 6. The van der Waals surface area contributed by atoms with Gasteiger partial charge in [0, 0.05) is 6.42 Å². The van der Waals surface area contributed by atoms with Crippen LogP contribution in [0.1, 0.15) is 53.9 Å². The molecule has 0 fully saturated rings. The van der Waals surface area contributed by atoms with Gasteiger partial charge in [0.2, 0.25) is 17.7 Å². The molecule has 3 amide bonds. The number of carbonyl (C=O) groups excluding carboxylic acids is 3. The highest BCUT2D eigenvalue weighted by atomic mass is 16.4. The van der Waals surface area contributed by atoms with Crippen molar-refractivity contribution < 1.29 is 34.2 Å². The van der Waals surface area contributed by atoms with E-state index in [-0.39, 0.29) is 18.3 Å². The van der Waals surface area contributed by atoms with Crippen LogP contribution in [0.2, 0.25) is 0 Å². The van der Waals surface area contributed by atoms with Crippen LogP contribution in [0.15, 0.2) is 0 Å². The molecule has 0 aromatic heterocycles. The summed E-state index contributed by atoms with van der Waals surface area (Å²) in [7, 11) is 0. The van der Waals surface area contributed by atoms with Gasteiger partial charge in [-0.25, -0.2) is 0 Å². The lowest BCUT2D eigenvalue weighted by molar-refractivity contribution is -0.142. The van der Waals surface area contributed by atoms with Crippen molar-refractivity contribution >= 4 is 29.7 Å². The number of aliphatic carboxylic acids is 2. The first-order valence-corrected chi connectivity index (χ1v) is 9.87. The zero-order valence-corrected chi connectivity index (χ0v) is 18.1. The minimum atomic E-state index is -1.28. The van der Waals surface area contributed by atoms with Crippen molar-refractivity contribution in [3.05, 3.63) is 0 Å². The summed E-state index contributed by atoms with van der Waals surface area (Å²) in [6, 6.07) is -4.32. The van der Waals surface area contributed by atoms with Crippen LogP contribution in [-0.2, 0) is 24.0 Å². The molecule has 7 N–H and O–H groups in total. The number of carbonyl (C=O) groups is 5. The average Bonchev–Trinajstić information content (AvgIpc) is 2.61. The molecule has 0 aliphatic heterocycles. The standard InChI is InChI=1S/C19H34N4O7/c1-9(2)8-12(20)16(26)23-15(10(3)4)18(28)22-13(6-7-14(24)25)17(27)21-11(5)19(29)30/h9-13,15H,6-8,20H2,1-5H3,(H,21,27)(H,22,28)(H,23,26)(H,24,25)(H,29,30). The first-order chi connectivity index (χ1) is 13.8. The molecule has 0 saturated heterocycles. The van der Waals surface area contributed by atoms with Crippen LogP contribution >= 0.6 is 0 Å². The lowest BCUT2D eigenvalue weighted by Gasteiger charge is -2.26.